The number of fused-ring (bicyclic) bond motifs is 9. The molecule has 0 amide bonds. The molecule has 17 heteroatoms. The van der Waals surface area contributed by atoms with Crippen molar-refractivity contribution in [2.45, 2.75) is 295 Å². The van der Waals surface area contributed by atoms with E-state index in [0.717, 1.165) is 138 Å². The van der Waals surface area contributed by atoms with Gasteiger partial charge in [0.1, 0.15) is 35.6 Å². The first-order valence-electron chi connectivity index (χ1n) is 36.7. The van der Waals surface area contributed by atoms with Gasteiger partial charge in [0.25, 0.3) is 0 Å². The molecule has 2 fully saturated rings. The maximum absolute atomic E-state index is 13.2. The highest BCUT2D eigenvalue weighted by molar-refractivity contribution is 9.10. The maximum atomic E-state index is 13.2. The summed E-state index contributed by atoms with van der Waals surface area (Å²) >= 11 is 31.7. The van der Waals surface area contributed by atoms with E-state index in [4.69, 9.17) is 14.2 Å². The van der Waals surface area contributed by atoms with E-state index in [1.165, 1.54) is 22.3 Å². The number of cyclic esters (lactones) is 3. The Morgan fingerprint density at radius 1 is 0.465 bits per heavy atom. The lowest BCUT2D eigenvalue weighted by atomic mass is 9.61. The zero-order valence-corrected chi connectivity index (χ0v) is 75.5. The second kappa shape index (κ2) is 34.9. The number of hydrogen-bond donors (Lipinski definition) is 3. The van der Waals surface area contributed by atoms with Crippen molar-refractivity contribution < 1.29 is 43.9 Å². The highest BCUT2D eigenvalue weighted by Crippen LogP contribution is 2.57. The summed E-state index contributed by atoms with van der Waals surface area (Å²) in [5.41, 5.74) is 10.0. The number of esters is 3. The second-order valence-electron chi connectivity index (χ2n) is 34.5. The first-order chi connectivity index (χ1) is 46.6. The summed E-state index contributed by atoms with van der Waals surface area (Å²) in [6.45, 7) is 46.2. The number of allylic oxidation sites excluding steroid dienone is 4. The molecule has 562 valence electrons. The van der Waals surface area contributed by atoms with Crippen molar-refractivity contribution in [3.8, 4) is 17.2 Å². The minimum atomic E-state index is -0.365. The Bertz CT molecular complexity index is 3510. The molecule has 3 aromatic carbocycles. The van der Waals surface area contributed by atoms with E-state index in [2.05, 4.69) is 230 Å². The average molecular weight is 1910 g/mol. The number of ether oxygens (including phenoxy) is 3. The van der Waals surface area contributed by atoms with Crippen LogP contribution in [-0.2, 0) is 33.5 Å². The molecule has 6 aliphatic rings. The van der Waals surface area contributed by atoms with Gasteiger partial charge in [0, 0.05) is 34.4 Å². The van der Waals surface area contributed by atoms with E-state index < -0.39 is 0 Å². The van der Waals surface area contributed by atoms with Crippen LogP contribution in [0.2, 0.25) is 0 Å². The Morgan fingerprint density at radius 3 is 1.20 bits per heavy atom. The molecule has 101 heavy (non-hydrogen) atoms. The molecule has 14 atom stereocenters. The van der Waals surface area contributed by atoms with Crippen molar-refractivity contribution in [1.29, 1.82) is 0 Å². The highest BCUT2D eigenvalue weighted by Gasteiger charge is 2.49. The molecule has 3 aromatic rings. The van der Waals surface area contributed by atoms with Gasteiger partial charge >= 0.3 is 17.9 Å². The quantitative estimate of drug-likeness (QED) is 0.101. The SMILES string of the molecule is C=C(C)[C@@H]1CCC(C)(C)[C@H](Br)CC[C@@]2(C)[C@H](Cc3cc(ccc3O)C(=O)O1)C(=C)CC[C@@H]2Br.C=C1CC[C@H](Br)[C@@]2(C)CC[C@@H](Br)C(C)(C)CC[C@@H](C(C)(C)Br)OC(=O)c3ccc(O)c(c3)C[C@H]12.CC1=C2Cc3cc(ccc3O)C(=O)O[C@H](C(C)(C)Br)CCC(C)(C)[C@H](Br)CC[C@]2(C)[C@@H](Br)CC1. The standard InChI is InChI=1S/2C28H39Br3O3.C28H38Br2O3/c2*1-17-7-10-23(30)28(6)14-11-22(29)26(2,3)13-12-24(27(4,5)31)34-25(33)18-8-9-21(32)19(15-18)16-20(17)28;1-17(2)23-11-13-27(4,5)24(29)12-14-28(6)21(18(3)7-10-25(28)30)16-20-15-19(26(32)33-23)8-9-22(20)31/h8-9,15,22-24,32H,7,10-14,16H2,1-6H3;8-9,15,20,22-24,32H,1,7,10-14,16H2,2-6H3;8-9,15,21,23-25,31H,1,3,7,10-14,16H2,2,4-6H3/t22-,23+,24+,28+;20-,22-,23+,24+,28+;21-,23+,24-,25+,28+/m111/s1. The van der Waals surface area contributed by atoms with Gasteiger partial charge in [-0.05, 0) is 292 Å². The Balaban J connectivity index is 0.000000213. The number of carbonyl (C=O) groups excluding carboxylic acids is 3. The Morgan fingerprint density at radius 2 is 0.812 bits per heavy atom. The van der Waals surface area contributed by atoms with Crippen molar-refractivity contribution >= 4 is 145 Å². The molecule has 2 saturated carbocycles. The number of benzene rings is 3. The van der Waals surface area contributed by atoms with Crippen LogP contribution in [0, 0.1) is 44.3 Å². The predicted octanol–water partition coefficient (Wildman–Crippen LogP) is 25.7. The van der Waals surface area contributed by atoms with Crippen molar-refractivity contribution in [1.82, 2.24) is 0 Å². The van der Waals surface area contributed by atoms with Crippen LogP contribution in [0.15, 0.2) is 102 Å². The third-order valence-electron chi connectivity index (χ3n) is 24.6. The molecule has 3 N–H and O–H groups in total. The van der Waals surface area contributed by atoms with Gasteiger partial charge in [-0.15, -0.1) is 0 Å². The van der Waals surface area contributed by atoms with Crippen molar-refractivity contribution in [3.63, 3.8) is 0 Å². The molecule has 0 radical (unpaired) electrons. The van der Waals surface area contributed by atoms with Gasteiger partial charge in [-0.2, -0.15) is 0 Å². The molecule has 0 saturated heterocycles. The van der Waals surface area contributed by atoms with Crippen molar-refractivity contribution in [3.05, 3.63) is 136 Å². The smallest absolute Gasteiger partial charge is 0.338 e. The predicted molar refractivity (Wildman–Crippen MR) is 447 cm³/mol. The minimum Gasteiger partial charge on any atom is -0.508 e. The van der Waals surface area contributed by atoms with Crippen LogP contribution in [0.3, 0.4) is 0 Å². The summed E-state index contributed by atoms with van der Waals surface area (Å²) in [5.74, 6) is 0.0629. The van der Waals surface area contributed by atoms with Gasteiger partial charge in [0.05, 0.1) is 25.3 Å². The number of alkyl halides is 8. The van der Waals surface area contributed by atoms with Crippen molar-refractivity contribution in [2.75, 3.05) is 0 Å². The van der Waals surface area contributed by atoms with Gasteiger partial charge in [-0.3, -0.25) is 0 Å². The van der Waals surface area contributed by atoms with Gasteiger partial charge < -0.3 is 29.5 Å². The zero-order valence-electron chi connectivity index (χ0n) is 62.8. The topological polar surface area (TPSA) is 140 Å². The number of aromatic hydroxyl groups is 3. The van der Waals surface area contributed by atoms with Crippen LogP contribution in [-0.4, -0.2) is 89.2 Å². The molecule has 0 spiro atoms. The first-order valence-corrected chi connectivity index (χ1v) is 43.7. The second-order valence-corrected chi connectivity index (χ2v) is 45.2. The molecular weight excluding hydrogens is 1790 g/mol. The van der Waals surface area contributed by atoms with Crippen LogP contribution >= 0.6 is 127 Å². The molecule has 0 unspecified atom stereocenters. The largest absolute Gasteiger partial charge is 0.508 e. The lowest BCUT2D eigenvalue weighted by Crippen LogP contribution is -2.43. The van der Waals surface area contributed by atoms with Gasteiger partial charge in [-0.25, -0.2) is 14.4 Å². The molecule has 6 bridgehead atoms. The number of phenols is 3. The normalized spacial score (nSPS) is 32.6. The summed E-state index contributed by atoms with van der Waals surface area (Å²) in [6.07, 6.45) is 18.7. The monoisotopic (exact) mass is 1900 g/mol. The zero-order chi connectivity index (χ0) is 75.5. The molecule has 9 nitrogen and oxygen atoms in total. The fraction of sp³-hybridized carbons (Fsp3) is 0.655. The fourth-order valence-corrected chi connectivity index (χ4v) is 20.6. The summed E-state index contributed by atoms with van der Waals surface area (Å²) in [5, 5.41) is 32.1. The van der Waals surface area contributed by atoms with E-state index in [9.17, 15) is 29.7 Å². The highest BCUT2D eigenvalue weighted by atomic mass is 79.9. The van der Waals surface area contributed by atoms with Crippen LogP contribution in [0.4, 0.5) is 0 Å². The first kappa shape index (κ1) is 86.5. The van der Waals surface area contributed by atoms with E-state index in [0.29, 0.717) is 64.9 Å². The van der Waals surface area contributed by atoms with Crippen LogP contribution in [0.25, 0.3) is 0 Å². The third-order valence-corrected chi connectivity index (χ3v) is 35.2. The van der Waals surface area contributed by atoms with Crippen LogP contribution in [0.1, 0.15) is 267 Å². The Kier molecular flexibility index (Phi) is 29.9. The van der Waals surface area contributed by atoms with Crippen LogP contribution < -0.4 is 0 Å². The van der Waals surface area contributed by atoms with Crippen molar-refractivity contribution in [2.24, 2.45) is 44.3 Å². The van der Waals surface area contributed by atoms with E-state index in [1.54, 1.807) is 42.5 Å². The molecule has 9 rings (SSSR count). The summed E-state index contributed by atoms with van der Waals surface area (Å²) in [7, 11) is 0. The lowest BCUT2D eigenvalue weighted by Gasteiger charge is -2.48. The van der Waals surface area contributed by atoms with Crippen LogP contribution in [0.5, 0.6) is 17.2 Å². The summed E-state index contributed by atoms with van der Waals surface area (Å²) in [6, 6.07) is 15.3. The Labute approximate surface area is 674 Å². The van der Waals surface area contributed by atoms with E-state index in [1.807, 2.05) is 32.9 Å². The number of carbonyl (C=O) groups is 3. The third kappa shape index (κ3) is 21.4. The maximum Gasteiger partial charge on any atom is 0.338 e. The molecule has 3 heterocycles. The molecule has 3 aliphatic carbocycles. The molecular formula is C84H116Br8O9. The van der Waals surface area contributed by atoms with Gasteiger partial charge in [0.2, 0.25) is 0 Å². The number of halogens is 8. The molecule has 0 aromatic heterocycles. The average Bonchev–Trinajstić information content (AvgIpc) is 1.23. The van der Waals surface area contributed by atoms with Gasteiger partial charge in [0.15, 0.2) is 0 Å². The van der Waals surface area contributed by atoms with Gasteiger partial charge in [-0.1, -0.05) is 232 Å². The number of phenolic OH excluding ortho intramolecular Hbond substituents is 3. The van der Waals surface area contributed by atoms with E-state index >= 15 is 0 Å². The van der Waals surface area contributed by atoms with E-state index in [-0.39, 0.29) is 106 Å². The number of hydrogen-bond acceptors (Lipinski definition) is 9. The lowest BCUT2D eigenvalue weighted by molar-refractivity contribution is 0.0171. The minimum absolute atomic E-state index is 0.000800. The Hall–Kier alpha value is -1.73. The summed E-state index contributed by atoms with van der Waals surface area (Å²) < 4.78 is 17.3. The molecule has 3 aliphatic heterocycles. The fourth-order valence-electron chi connectivity index (χ4n) is 16.3. The summed E-state index contributed by atoms with van der Waals surface area (Å²) in [4.78, 5) is 41.6. The number of rotatable bonds is 3.